The van der Waals surface area contributed by atoms with Crippen molar-refractivity contribution in [2.75, 3.05) is 0 Å². The van der Waals surface area contributed by atoms with Crippen molar-refractivity contribution in [3.8, 4) is 0 Å². The molecule has 2 unspecified atom stereocenters. The van der Waals surface area contributed by atoms with Crippen molar-refractivity contribution < 1.29 is 27.9 Å². The number of fused-ring (bicyclic) bond motifs is 1. The fraction of sp³-hybridized carbons (Fsp3) is 0.345. The largest absolute Gasteiger partial charge is 0.481 e. The Morgan fingerprint density at radius 3 is 1.70 bits per heavy atom. The van der Waals surface area contributed by atoms with Crippen molar-refractivity contribution in [3.05, 3.63) is 169 Å². The summed E-state index contributed by atoms with van der Waals surface area (Å²) in [5, 5.41) is 13.9. The zero-order chi connectivity index (χ0) is 45.5. The third-order valence-electron chi connectivity index (χ3n) is 13.1. The minimum Gasteiger partial charge on any atom is -0.481 e. The molecule has 1 N–H and O–H groups in total. The molecule has 1 fully saturated rings. The van der Waals surface area contributed by atoms with Crippen molar-refractivity contribution in [2.45, 2.75) is 109 Å². The fourth-order valence-corrected chi connectivity index (χ4v) is 20.7. The standard InChI is InChI=1S/C55H63FO5SSi2/c1-54(2,3)63(41-26-13-9-14-27-41,42-28-15-10-16-29-42)60-49-39-48(57)45(34-21-7-8-22-36-52(58)59)46(49)38-47(56)53(51-37-40-25-23-24-35-50(40)62-51)61-64(55(4,5)6,43-30-17-11-18-31-43)44-32-19-12-20-33-44/h7,9-21,23-33,35,37,45-47,49,53H,8,22,34,36,38-39H2,1-6H3,(H,58,59)/b21-7-/t45-,46+,47?,49-,53?/m1/s1. The van der Waals surface area contributed by atoms with Gasteiger partial charge >= 0.3 is 5.97 Å². The van der Waals surface area contributed by atoms with E-state index in [2.05, 4.69) is 133 Å². The first-order valence-corrected chi connectivity index (χ1v) is 27.4. The minimum atomic E-state index is -3.28. The van der Waals surface area contributed by atoms with Gasteiger partial charge in [-0.2, -0.15) is 0 Å². The van der Waals surface area contributed by atoms with Crippen LogP contribution >= 0.6 is 11.3 Å². The maximum Gasteiger partial charge on any atom is 0.303 e. The molecule has 7 rings (SSSR count). The molecule has 0 bridgehead atoms. The number of carbonyl (C=O) groups is 2. The summed E-state index contributed by atoms with van der Waals surface area (Å²) in [4.78, 5) is 26.6. The molecule has 1 heterocycles. The van der Waals surface area contributed by atoms with Crippen molar-refractivity contribution >= 4 is 70.6 Å². The van der Waals surface area contributed by atoms with E-state index in [1.807, 2.05) is 72.8 Å². The van der Waals surface area contributed by atoms with Crippen molar-refractivity contribution in [2.24, 2.45) is 11.8 Å². The fourth-order valence-electron chi connectivity index (χ4n) is 10.1. The van der Waals surface area contributed by atoms with E-state index in [0.29, 0.717) is 19.3 Å². The number of carboxylic acid groups (broad SMARTS) is 1. The molecule has 334 valence electrons. The molecule has 1 aliphatic rings. The highest BCUT2D eigenvalue weighted by Gasteiger charge is 2.57. The molecule has 1 aromatic heterocycles. The number of allylic oxidation sites excluding steroid dienone is 2. The highest BCUT2D eigenvalue weighted by atomic mass is 32.1. The molecule has 9 heteroatoms. The molecule has 0 saturated heterocycles. The van der Waals surface area contributed by atoms with E-state index in [9.17, 15) is 14.7 Å². The molecule has 0 amide bonds. The van der Waals surface area contributed by atoms with Crippen LogP contribution in [0, 0.1) is 11.8 Å². The zero-order valence-corrected chi connectivity index (χ0v) is 40.9. The van der Waals surface area contributed by atoms with Gasteiger partial charge in [-0.3, -0.25) is 9.59 Å². The van der Waals surface area contributed by atoms with Crippen LogP contribution in [-0.4, -0.2) is 45.8 Å². The monoisotopic (exact) mass is 910 g/mol. The lowest BCUT2D eigenvalue weighted by Gasteiger charge is -2.46. The number of hydrogen-bond donors (Lipinski definition) is 1. The Balaban J connectivity index is 1.36. The average molecular weight is 911 g/mol. The van der Waals surface area contributed by atoms with Crippen LogP contribution in [-0.2, 0) is 18.4 Å². The Morgan fingerprint density at radius 2 is 1.22 bits per heavy atom. The number of alkyl halides is 1. The van der Waals surface area contributed by atoms with Crippen LogP contribution in [0.4, 0.5) is 4.39 Å². The second kappa shape index (κ2) is 20.2. The van der Waals surface area contributed by atoms with Crippen molar-refractivity contribution in [3.63, 3.8) is 0 Å². The molecule has 0 spiro atoms. The van der Waals surface area contributed by atoms with Crippen molar-refractivity contribution in [1.82, 2.24) is 0 Å². The van der Waals surface area contributed by atoms with Gasteiger partial charge in [-0.1, -0.05) is 193 Å². The van der Waals surface area contributed by atoms with Gasteiger partial charge in [0.05, 0.1) is 6.10 Å². The van der Waals surface area contributed by atoms with Crippen molar-refractivity contribution in [1.29, 1.82) is 0 Å². The number of rotatable bonds is 18. The number of benzene rings is 5. The highest BCUT2D eigenvalue weighted by Crippen LogP contribution is 2.48. The summed E-state index contributed by atoms with van der Waals surface area (Å²) >= 11 is 1.58. The van der Waals surface area contributed by atoms with E-state index < -0.39 is 57.9 Å². The molecule has 5 nitrogen and oxygen atoms in total. The summed E-state index contributed by atoms with van der Waals surface area (Å²) in [5.74, 6) is -1.72. The predicted molar refractivity (Wildman–Crippen MR) is 267 cm³/mol. The highest BCUT2D eigenvalue weighted by molar-refractivity contribution is 7.19. The van der Waals surface area contributed by atoms with Gasteiger partial charge in [0.2, 0.25) is 0 Å². The van der Waals surface area contributed by atoms with Crippen LogP contribution in [0.15, 0.2) is 164 Å². The van der Waals surface area contributed by atoms with Crippen LogP contribution in [0.5, 0.6) is 0 Å². The topological polar surface area (TPSA) is 72.8 Å². The first-order valence-electron chi connectivity index (χ1n) is 22.8. The van der Waals surface area contributed by atoms with Gasteiger partial charge in [0.25, 0.3) is 16.6 Å². The molecule has 1 aliphatic carbocycles. The Morgan fingerprint density at radius 1 is 0.734 bits per heavy atom. The molecule has 0 aliphatic heterocycles. The number of carboxylic acids is 1. The smallest absolute Gasteiger partial charge is 0.303 e. The summed E-state index contributed by atoms with van der Waals surface area (Å²) in [6, 6.07) is 52.0. The summed E-state index contributed by atoms with van der Waals surface area (Å²) in [6.45, 7) is 13.4. The Labute approximate surface area is 385 Å². The lowest BCUT2D eigenvalue weighted by Crippen LogP contribution is -2.68. The van der Waals surface area contributed by atoms with E-state index in [1.54, 1.807) is 11.3 Å². The molecule has 1 saturated carbocycles. The van der Waals surface area contributed by atoms with Crippen LogP contribution in [0.2, 0.25) is 10.1 Å². The van der Waals surface area contributed by atoms with Crippen LogP contribution < -0.4 is 20.7 Å². The first-order chi connectivity index (χ1) is 30.7. The average Bonchev–Trinajstić information content (AvgIpc) is 3.84. The second-order valence-electron chi connectivity index (χ2n) is 19.4. The quantitative estimate of drug-likeness (QED) is 0.0528. The van der Waals surface area contributed by atoms with Gasteiger partial charge in [-0.15, -0.1) is 11.3 Å². The number of hydrogen-bond acceptors (Lipinski definition) is 5. The number of ketones is 1. The third-order valence-corrected chi connectivity index (χ3v) is 24.4. The summed E-state index contributed by atoms with van der Waals surface area (Å²) in [6.07, 6.45) is 2.82. The van der Waals surface area contributed by atoms with Crippen LogP contribution in [0.25, 0.3) is 10.1 Å². The maximum atomic E-state index is 18.7. The Kier molecular flexibility index (Phi) is 14.9. The normalized spacial score (nSPS) is 18.4. The molecule has 0 radical (unpaired) electrons. The summed E-state index contributed by atoms with van der Waals surface area (Å²) < 4.78 is 35.3. The Bertz CT molecular complexity index is 2370. The third kappa shape index (κ3) is 9.89. The number of aliphatic carboxylic acids is 1. The molecule has 5 aromatic carbocycles. The molecular formula is C55H63FO5SSi2. The summed E-state index contributed by atoms with van der Waals surface area (Å²) in [7, 11) is -6.44. The van der Waals surface area contributed by atoms with E-state index >= 15 is 4.39 Å². The van der Waals surface area contributed by atoms with Gasteiger partial charge in [-0.05, 0) is 79.9 Å². The lowest BCUT2D eigenvalue weighted by molar-refractivity contribution is -0.137. The van der Waals surface area contributed by atoms with E-state index in [-0.39, 0.29) is 30.1 Å². The molecule has 64 heavy (non-hydrogen) atoms. The minimum absolute atomic E-state index is 0.0588. The number of carbonyl (C=O) groups excluding carboxylic acids is 1. The number of thiophene rings is 1. The van der Waals surface area contributed by atoms with E-state index in [4.69, 9.17) is 8.85 Å². The number of halogens is 1. The van der Waals surface area contributed by atoms with Gasteiger partial charge in [0.15, 0.2) is 0 Å². The van der Waals surface area contributed by atoms with E-state index in [0.717, 1.165) is 35.7 Å². The Hall–Kier alpha value is -4.78. The molecule has 6 aromatic rings. The van der Waals surface area contributed by atoms with Crippen LogP contribution in [0.1, 0.15) is 91.0 Å². The number of Topliss-reactive ketones (excluding diaryl/α,β-unsaturated/α-hetero) is 1. The summed E-state index contributed by atoms with van der Waals surface area (Å²) in [5.41, 5.74) is 0. The lowest BCUT2D eigenvalue weighted by atomic mass is 9.85. The maximum absolute atomic E-state index is 18.7. The molecular weight excluding hydrogens is 848 g/mol. The zero-order valence-electron chi connectivity index (χ0n) is 38.1. The van der Waals surface area contributed by atoms with Gasteiger partial charge in [0, 0.05) is 28.3 Å². The van der Waals surface area contributed by atoms with Crippen LogP contribution in [0.3, 0.4) is 0 Å². The van der Waals surface area contributed by atoms with E-state index in [1.165, 1.54) is 0 Å². The van der Waals surface area contributed by atoms with Gasteiger partial charge < -0.3 is 14.0 Å². The second-order valence-corrected chi connectivity index (χ2v) is 29.0. The number of unbranched alkanes of at least 4 members (excludes halogenated alkanes) is 1. The van der Waals surface area contributed by atoms with Gasteiger partial charge in [-0.25, -0.2) is 4.39 Å². The van der Waals surface area contributed by atoms with Gasteiger partial charge in [0.1, 0.15) is 18.1 Å². The molecule has 5 atom stereocenters. The first kappa shape index (κ1) is 47.2. The SMILES string of the molecule is CC(C)(C)[Si](OC(c1cc2ccccc2s1)C(F)C[C@@H]1[C@H](O[Si](c2ccccc2)(c2ccccc2)C(C)(C)C)CC(=O)[C@@H]1C/C=C\CCCC(=O)O)(c1ccccc1)c1ccccc1. The predicted octanol–water partition coefficient (Wildman–Crippen LogP) is 11.6.